The van der Waals surface area contributed by atoms with E-state index >= 15 is 0 Å². The molecule has 5 nitrogen and oxygen atoms in total. The van der Waals surface area contributed by atoms with Gasteiger partial charge >= 0.3 is 0 Å². The Morgan fingerprint density at radius 1 is 1.24 bits per heavy atom. The Hall–Kier alpha value is -1.66. The molecule has 1 aromatic rings. The minimum Gasteiger partial charge on any atom is -0.350 e. The van der Waals surface area contributed by atoms with Crippen LogP contribution >= 0.6 is 0 Å². The predicted octanol–water partition coefficient (Wildman–Crippen LogP) is 1.83. The van der Waals surface area contributed by atoms with Crippen molar-refractivity contribution in [1.29, 1.82) is 0 Å². The first-order valence-corrected chi connectivity index (χ1v) is 8.11. The number of benzene rings is 1. The number of rotatable bonds is 5. The van der Waals surface area contributed by atoms with Crippen molar-refractivity contribution in [2.45, 2.75) is 26.3 Å². The molecular formula is C15H22N2O3S. The summed E-state index contributed by atoms with van der Waals surface area (Å²) in [6, 6.07) is 9.12. The van der Waals surface area contributed by atoms with E-state index in [1.165, 1.54) is 13.1 Å². The first-order valence-electron chi connectivity index (χ1n) is 6.61. The Balaban J connectivity index is 2.70. The summed E-state index contributed by atoms with van der Waals surface area (Å²) < 4.78 is 25.1. The second-order valence-corrected chi connectivity index (χ2v) is 7.74. The van der Waals surface area contributed by atoms with E-state index in [0.29, 0.717) is 0 Å². The van der Waals surface area contributed by atoms with Crippen molar-refractivity contribution < 1.29 is 13.2 Å². The Morgan fingerprint density at radius 2 is 1.81 bits per heavy atom. The zero-order valence-corrected chi connectivity index (χ0v) is 13.6. The third-order valence-electron chi connectivity index (χ3n) is 2.55. The topological polar surface area (TPSA) is 66.5 Å². The van der Waals surface area contributed by atoms with Crippen LogP contribution in [0.1, 0.15) is 26.3 Å². The number of sulfonamides is 1. The summed E-state index contributed by atoms with van der Waals surface area (Å²) in [5, 5.41) is 3.83. The lowest BCUT2D eigenvalue weighted by atomic mass is 10.1. The second kappa shape index (κ2) is 6.87. The molecular weight excluding hydrogens is 288 g/mol. The number of nitrogens with one attached hydrogen (secondary N) is 1. The van der Waals surface area contributed by atoms with Gasteiger partial charge in [-0.15, -0.1) is 0 Å². The molecule has 0 unspecified atom stereocenters. The molecule has 0 saturated carbocycles. The van der Waals surface area contributed by atoms with Crippen molar-refractivity contribution in [2.24, 2.45) is 0 Å². The van der Waals surface area contributed by atoms with Gasteiger partial charge in [0.2, 0.25) is 15.9 Å². The lowest BCUT2D eigenvalue weighted by molar-refractivity contribution is -0.122. The zero-order valence-electron chi connectivity index (χ0n) is 12.8. The third-order valence-corrected chi connectivity index (χ3v) is 4.03. The lowest BCUT2D eigenvalue weighted by Gasteiger charge is -2.22. The van der Waals surface area contributed by atoms with Gasteiger partial charge in [0.15, 0.2) is 0 Å². The SMILES string of the molecule is CN(CC(=O)NC(C)(C)C)S(=O)(=O)/C=C/c1ccccc1. The standard InChI is InChI=1S/C15H22N2O3S/c1-15(2,3)16-14(18)12-17(4)21(19,20)11-10-13-8-6-5-7-9-13/h5-11H,12H2,1-4H3,(H,16,18)/b11-10+. The van der Waals surface area contributed by atoms with Crippen LogP contribution in [0.3, 0.4) is 0 Å². The number of hydrogen-bond donors (Lipinski definition) is 1. The molecule has 0 aliphatic rings. The molecule has 0 spiro atoms. The van der Waals surface area contributed by atoms with Crippen LogP contribution in [0.5, 0.6) is 0 Å². The van der Waals surface area contributed by atoms with E-state index < -0.39 is 10.0 Å². The van der Waals surface area contributed by atoms with Crippen LogP contribution in [0.4, 0.5) is 0 Å². The number of hydrogen-bond acceptors (Lipinski definition) is 3. The van der Waals surface area contributed by atoms with Gasteiger partial charge in [0.25, 0.3) is 0 Å². The Morgan fingerprint density at radius 3 is 2.33 bits per heavy atom. The summed E-state index contributed by atoms with van der Waals surface area (Å²) >= 11 is 0. The van der Waals surface area contributed by atoms with Gasteiger partial charge in [-0.2, -0.15) is 4.31 Å². The normalized spacial score (nSPS) is 12.8. The number of nitrogens with zero attached hydrogens (tertiary/aromatic N) is 1. The molecule has 0 heterocycles. The van der Waals surface area contributed by atoms with Crippen molar-refractivity contribution in [2.75, 3.05) is 13.6 Å². The average molecular weight is 310 g/mol. The molecule has 116 valence electrons. The van der Waals surface area contributed by atoms with Crippen LogP contribution in [-0.2, 0) is 14.8 Å². The van der Waals surface area contributed by atoms with Gasteiger partial charge in [0.1, 0.15) is 0 Å². The van der Waals surface area contributed by atoms with Gasteiger partial charge in [-0.25, -0.2) is 8.42 Å². The first-order chi connectivity index (χ1) is 9.60. The van der Waals surface area contributed by atoms with Crippen molar-refractivity contribution >= 4 is 22.0 Å². The van der Waals surface area contributed by atoms with Gasteiger partial charge < -0.3 is 5.32 Å². The summed E-state index contributed by atoms with van der Waals surface area (Å²) in [4.78, 5) is 11.7. The predicted molar refractivity (Wildman–Crippen MR) is 84.9 cm³/mol. The maximum Gasteiger partial charge on any atom is 0.236 e. The fourth-order valence-corrected chi connectivity index (χ4v) is 2.42. The third kappa shape index (κ3) is 6.55. The lowest BCUT2D eigenvalue weighted by Crippen LogP contribution is -2.46. The molecule has 0 bridgehead atoms. The molecule has 1 amide bonds. The summed E-state index contributed by atoms with van der Waals surface area (Å²) in [5.74, 6) is -0.332. The van der Waals surface area contributed by atoms with Crippen LogP contribution in [-0.4, -0.2) is 37.8 Å². The summed E-state index contributed by atoms with van der Waals surface area (Å²) in [7, 11) is -2.24. The van der Waals surface area contributed by atoms with Gasteiger partial charge in [-0.05, 0) is 32.4 Å². The van der Waals surface area contributed by atoms with Gasteiger partial charge in [-0.3, -0.25) is 4.79 Å². The fourth-order valence-electron chi connectivity index (χ4n) is 1.58. The molecule has 0 aromatic heterocycles. The number of carbonyl (C=O) groups excluding carboxylic acids is 1. The van der Waals surface area contributed by atoms with Crippen molar-refractivity contribution in [3.8, 4) is 0 Å². The van der Waals surface area contributed by atoms with Crippen molar-refractivity contribution in [3.05, 3.63) is 41.3 Å². The maximum absolute atomic E-state index is 12.1. The second-order valence-electron chi connectivity index (χ2n) is 5.81. The van der Waals surface area contributed by atoms with Crippen molar-refractivity contribution in [1.82, 2.24) is 9.62 Å². The Labute approximate surface area is 126 Å². The minimum absolute atomic E-state index is 0.210. The van der Waals surface area contributed by atoms with Crippen LogP contribution in [0.25, 0.3) is 6.08 Å². The molecule has 1 rings (SSSR count). The Bertz CT molecular complexity index is 602. The quantitative estimate of drug-likeness (QED) is 0.902. The largest absolute Gasteiger partial charge is 0.350 e. The monoisotopic (exact) mass is 310 g/mol. The molecule has 0 atom stereocenters. The Kier molecular flexibility index (Phi) is 5.69. The van der Waals surface area contributed by atoms with Gasteiger partial charge in [0, 0.05) is 18.0 Å². The van der Waals surface area contributed by atoms with E-state index in [1.807, 2.05) is 39.0 Å². The summed E-state index contributed by atoms with van der Waals surface area (Å²) in [6.45, 7) is 5.32. The number of amides is 1. The maximum atomic E-state index is 12.1. The highest BCUT2D eigenvalue weighted by atomic mass is 32.2. The highest BCUT2D eigenvalue weighted by Gasteiger charge is 2.20. The molecule has 0 radical (unpaired) electrons. The van der Waals surface area contributed by atoms with Crippen LogP contribution < -0.4 is 5.32 Å². The molecule has 6 heteroatoms. The van der Waals surface area contributed by atoms with Gasteiger partial charge in [0.05, 0.1) is 6.54 Å². The van der Waals surface area contributed by atoms with E-state index in [2.05, 4.69) is 5.32 Å². The molecule has 1 aromatic carbocycles. The van der Waals surface area contributed by atoms with Crippen molar-refractivity contribution in [3.63, 3.8) is 0 Å². The molecule has 21 heavy (non-hydrogen) atoms. The number of carbonyl (C=O) groups is 1. The highest BCUT2D eigenvalue weighted by Crippen LogP contribution is 2.07. The van der Waals surface area contributed by atoms with E-state index in [0.717, 1.165) is 15.3 Å². The van der Waals surface area contributed by atoms with Crippen LogP contribution in [0, 0.1) is 0 Å². The summed E-state index contributed by atoms with van der Waals surface area (Å²) in [5.41, 5.74) is 0.398. The molecule has 1 N–H and O–H groups in total. The van der Waals surface area contributed by atoms with E-state index in [4.69, 9.17) is 0 Å². The molecule has 0 aliphatic heterocycles. The first kappa shape index (κ1) is 17.4. The fraction of sp³-hybridized carbons (Fsp3) is 0.400. The number of likely N-dealkylation sites (N-methyl/N-ethyl adjacent to an activating group) is 1. The summed E-state index contributed by atoms with van der Waals surface area (Å²) in [6.07, 6.45) is 1.51. The minimum atomic E-state index is -3.62. The van der Waals surface area contributed by atoms with E-state index in [9.17, 15) is 13.2 Å². The van der Waals surface area contributed by atoms with E-state index in [1.54, 1.807) is 12.1 Å². The molecule has 0 fully saturated rings. The van der Waals surface area contributed by atoms with E-state index in [-0.39, 0.29) is 18.0 Å². The molecule has 0 saturated heterocycles. The van der Waals surface area contributed by atoms with Crippen LogP contribution in [0.2, 0.25) is 0 Å². The van der Waals surface area contributed by atoms with Crippen LogP contribution in [0.15, 0.2) is 35.7 Å². The highest BCUT2D eigenvalue weighted by molar-refractivity contribution is 7.92. The average Bonchev–Trinajstić information content (AvgIpc) is 2.35. The van der Waals surface area contributed by atoms with Gasteiger partial charge in [-0.1, -0.05) is 30.3 Å². The molecule has 0 aliphatic carbocycles. The smallest absolute Gasteiger partial charge is 0.236 e. The zero-order chi connectivity index (χ0) is 16.1.